The predicted octanol–water partition coefficient (Wildman–Crippen LogP) is 2.86. The second-order valence-electron chi connectivity index (χ2n) is 5.97. The minimum absolute atomic E-state index is 0.708. The van der Waals surface area contributed by atoms with Crippen LogP contribution in [0, 0.1) is 5.92 Å². The third-order valence-electron chi connectivity index (χ3n) is 3.59. The molecule has 4 heteroatoms. The first-order valence-electron chi connectivity index (χ1n) is 7.96. The summed E-state index contributed by atoms with van der Waals surface area (Å²) >= 11 is 1.95. The Morgan fingerprint density at radius 2 is 1.90 bits per heavy atom. The highest BCUT2D eigenvalue weighted by atomic mass is 32.2. The summed E-state index contributed by atoms with van der Waals surface area (Å²) in [7, 11) is 0. The molecule has 118 valence electrons. The zero-order chi connectivity index (χ0) is 14.9. The van der Waals surface area contributed by atoms with Gasteiger partial charge in [-0.05, 0) is 30.2 Å². The highest BCUT2D eigenvalue weighted by molar-refractivity contribution is 7.99. The number of morpholine rings is 1. The zero-order valence-corrected chi connectivity index (χ0v) is 14.1. The Balaban J connectivity index is 1.64. The van der Waals surface area contributed by atoms with Crippen molar-refractivity contribution in [3.8, 4) is 0 Å². The second kappa shape index (κ2) is 9.46. The van der Waals surface area contributed by atoms with E-state index >= 15 is 0 Å². The summed E-state index contributed by atoms with van der Waals surface area (Å²) in [6, 6.07) is 8.97. The first kappa shape index (κ1) is 16.8. The molecule has 0 amide bonds. The summed E-state index contributed by atoms with van der Waals surface area (Å²) in [5, 5.41) is 3.48. The topological polar surface area (TPSA) is 24.5 Å². The Bertz CT molecular complexity index is 388. The molecule has 1 aliphatic rings. The van der Waals surface area contributed by atoms with E-state index in [1.807, 2.05) is 11.8 Å². The van der Waals surface area contributed by atoms with Crippen molar-refractivity contribution in [1.82, 2.24) is 10.2 Å². The van der Waals surface area contributed by atoms with Crippen LogP contribution in [-0.2, 0) is 11.3 Å². The molecule has 0 radical (unpaired) electrons. The van der Waals surface area contributed by atoms with Crippen LogP contribution in [0.1, 0.15) is 19.4 Å². The maximum Gasteiger partial charge on any atom is 0.0594 e. The Morgan fingerprint density at radius 1 is 1.19 bits per heavy atom. The maximum absolute atomic E-state index is 5.37. The number of nitrogens with one attached hydrogen (secondary N) is 1. The molecule has 1 heterocycles. The van der Waals surface area contributed by atoms with Crippen LogP contribution >= 0.6 is 11.8 Å². The van der Waals surface area contributed by atoms with Gasteiger partial charge in [0.25, 0.3) is 0 Å². The molecule has 1 aromatic rings. The van der Waals surface area contributed by atoms with Gasteiger partial charge >= 0.3 is 0 Å². The molecular weight excluding hydrogens is 280 g/mol. The lowest BCUT2D eigenvalue weighted by atomic mass is 10.2. The molecule has 1 aromatic carbocycles. The van der Waals surface area contributed by atoms with Crippen molar-refractivity contribution in [1.29, 1.82) is 0 Å². The lowest BCUT2D eigenvalue weighted by molar-refractivity contribution is 0.0410. The van der Waals surface area contributed by atoms with E-state index in [1.54, 1.807) is 0 Å². The first-order valence-corrected chi connectivity index (χ1v) is 8.95. The van der Waals surface area contributed by atoms with Crippen LogP contribution in [0.3, 0.4) is 0 Å². The highest BCUT2D eigenvalue weighted by Crippen LogP contribution is 2.18. The SMILES string of the molecule is CC(C)CNCc1ccc(SCCN2CCOCC2)cc1. The molecule has 0 aliphatic carbocycles. The van der Waals surface area contributed by atoms with Crippen LogP contribution in [0.5, 0.6) is 0 Å². The van der Waals surface area contributed by atoms with E-state index in [1.165, 1.54) is 10.5 Å². The van der Waals surface area contributed by atoms with Gasteiger partial charge in [-0.1, -0.05) is 26.0 Å². The average Bonchev–Trinajstić information content (AvgIpc) is 2.50. The maximum atomic E-state index is 5.37. The van der Waals surface area contributed by atoms with Crippen molar-refractivity contribution >= 4 is 11.8 Å². The summed E-state index contributed by atoms with van der Waals surface area (Å²) in [5.74, 6) is 1.87. The average molecular weight is 308 g/mol. The molecule has 0 unspecified atom stereocenters. The number of thioether (sulfide) groups is 1. The molecule has 0 spiro atoms. The Labute approximate surface area is 133 Å². The van der Waals surface area contributed by atoms with Gasteiger partial charge in [-0.15, -0.1) is 11.8 Å². The predicted molar refractivity (Wildman–Crippen MR) is 91.0 cm³/mol. The van der Waals surface area contributed by atoms with Crippen LogP contribution in [0.2, 0.25) is 0 Å². The molecule has 3 nitrogen and oxygen atoms in total. The van der Waals surface area contributed by atoms with Crippen molar-refractivity contribution in [2.75, 3.05) is 45.1 Å². The number of nitrogens with zero attached hydrogens (tertiary/aromatic N) is 1. The van der Waals surface area contributed by atoms with E-state index in [0.29, 0.717) is 5.92 Å². The minimum Gasteiger partial charge on any atom is -0.379 e. The molecule has 2 rings (SSSR count). The van der Waals surface area contributed by atoms with Crippen molar-refractivity contribution in [2.45, 2.75) is 25.3 Å². The minimum atomic E-state index is 0.708. The quantitative estimate of drug-likeness (QED) is 0.746. The third kappa shape index (κ3) is 6.83. The normalized spacial score (nSPS) is 16.5. The second-order valence-corrected chi connectivity index (χ2v) is 7.14. The molecule has 21 heavy (non-hydrogen) atoms. The van der Waals surface area contributed by atoms with E-state index in [4.69, 9.17) is 4.74 Å². The molecule has 0 saturated carbocycles. The zero-order valence-electron chi connectivity index (χ0n) is 13.3. The van der Waals surface area contributed by atoms with Gasteiger partial charge in [0.15, 0.2) is 0 Å². The molecule has 1 fully saturated rings. The first-order chi connectivity index (χ1) is 10.2. The summed E-state index contributed by atoms with van der Waals surface area (Å²) in [4.78, 5) is 3.86. The van der Waals surface area contributed by atoms with Gasteiger partial charge < -0.3 is 10.1 Å². The highest BCUT2D eigenvalue weighted by Gasteiger charge is 2.09. The smallest absolute Gasteiger partial charge is 0.0594 e. The van der Waals surface area contributed by atoms with Gasteiger partial charge in [0.1, 0.15) is 0 Å². The molecule has 1 saturated heterocycles. The molecule has 0 atom stereocenters. The van der Waals surface area contributed by atoms with Gasteiger partial charge in [0.2, 0.25) is 0 Å². The van der Waals surface area contributed by atoms with Gasteiger partial charge in [-0.2, -0.15) is 0 Å². The summed E-state index contributed by atoms with van der Waals surface area (Å²) in [5.41, 5.74) is 1.37. The number of benzene rings is 1. The summed E-state index contributed by atoms with van der Waals surface area (Å²) in [6.07, 6.45) is 0. The lowest BCUT2D eigenvalue weighted by Gasteiger charge is -2.26. The van der Waals surface area contributed by atoms with E-state index in [-0.39, 0.29) is 0 Å². The summed E-state index contributed by atoms with van der Waals surface area (Å²) in [6.45, 7) is 11.6. The molecule has 0 bridgehead atoms. The molecular formula is C17H28N2OS. The fourth-order valence-electron chi connectivity index (χ4n) is 2.33. The van der Waals surface area contributed by atoms with Crippen LogP contribution in [0.15, 0.2) is 29.2 Å². The van der Waals surface area contributed by atoms with Gasteiger partial charge in [0, 0.05) is 36.8 Å². The van der Waals surface area contributed by atoms with Crippen LogP contribution in [0.4, 0.5) is 0 Å². The van der Waals surface area contributed by atoms with E-state index in [0.717, 1.165) is 51.7 Å². The molecule has 1 aliphatic heterocycles. The fraction of sp³-hybridized carbons (Fsp3) is 0.647. The van der Waals surface area contributed by atoms with Crippen LogP contribution in [0.25, 0.3) is 0 Å². The Hall–Kier alpha value is -0.550. The lowest BCUT2D eigenvalue weighted by Crippen LogP contribution is -2.37. The summed E-state index contributed by atoms with van der Waals surface area (Å²) < 4.78 is 5.37. The van der Waals surface area contributed by atoms with Gasteiger partial charge in [-0.3, -0.25) is 4.90 Å². The molecule has 0 aromatic heterocycles. The van der Waals surface area contributed by atoms with Crippen molar-refractivity contribution in [3.63, 3.8) is 0 Å². The number of ether oxygens (including phenoxy) is 1. The van der Waals surface area contributed by atoms with E-state index in [2.05, 4.69) is 48.3 Å². The Kier molecular flexibility index (Phi) is 7.58. The van der Waals surface area contributed by atoms with E-state index in [9.17, 15) is 0 Å². The Morgan fingerprint density at radius 3 is 2.57 bits per heavy atom. The third-order valence-corrected chi connectivity index (χ3v) is 4.58. The number of rotatable bonds is 8. The fourth-order valence-corrected chi connectivity index (χ4v) is 3.24. The standard InChI is InChI=1S/C17H28N2OS/c1-15(2)13-18-14-16-3-5-17(6-4-16)21-12-9-19-7-10-20-11-8-19/h3-6,15,18H,7-14H2,1-2H3. The number of hydrogen-bond donors (Lipinski definition) is 1. The largest absolute Gasteiger partial charge is 0.379 e. The van der Waals surface area contributed by atoms with Crippen LogP contribution in [-0.4, -0.2) is 50.0 Å². The van der Waals surface area contributed by atoms with Crippen LogP contribution < -0.4 is 5.32 Å². The molecule has 1 N–H and O–H groups in total. The monoisotopic (exact) mass is 308 g/mol. The van der Waals surface area contributed by atoms with Crippen molar-refractivity contribution in [3.05, 3.63) is 29.8 Å². The van der Waals surface area contributed by atoms with Crippen molar-refractivity contribution < 1.29 is 4.74 Å². The number of hydrogen-bond acceptors (Lipinski definition) is 4. The van der Waals surface area contributed by atoms with Crippen molar-refractivity contribution in [2.24, 2.45) is 5.92 Å². The van der Waals surface area contributed by atoms with Gasteiger partial charge in [-0.25, -0.2) is 0 Å². The van der Waals surface area contributed by atoms with Gasteiger partial charge in [0.05, 0.1) is 13.2 Å². The van der Waals surface area contributed by atoms with E-state index < -0.39 is 0 Å².